The number of halogens is 1. The Morgan fingerprint density at radius 1 is 0.966 bits per heavy atom. The summed E-state index contributed by atoms with van der Waals surface area (Å²) < 4.78 is 21.0. The van der Waals surface area contributed by atoms with Crippen molar-refractivity contribution in [3.8, 4) is 17.3 Å². The first-order valence-corrected chi connectivity index (χ1v) is 9.23. The minimum absolute atomic E-state index is 0.268. The number of pyridine rings is 1. The fraction of sp³-hybridized carbons (Fsp3) is 0.0870. The highest BCUT2D eigenvalue weighted by atomic mass is 19.1. The number of aryl methyl sites for hydroxylation is 1. The van der Waals surface area contributed by atoms with Crippen LogP contribution < -0.4 is 4.74 Å². The SMILES string of the molecule is Cn1c2ccccc2c2cc(COc3nccc(-c4ccc(F)cc4)n3)cnc21. The van der Waals surface area contributed by atoms with Gasteiger partial charge in [-0.15, -0.1) is 0 Å². The van der Waals surface area contributed by atoms with Crippen LogP contribution in [0.25, 0.3) is 33.2 Å². The van der Waals surface area contributed by atoms with Gasteiger partial charge in [0.15, 0.2) is 0 Å². The van der Waals surface area contributed by atoms with Crippen molar-refractivity contribution in [2.75, 3.05) is 0 Å². The third kappa shape index (κ3) is 3.18. The monoisotopic (exact) mass is 384 g/mol. The molecule has 0 aliphatic heterocycles. The lowest BCUT2D eigenvalue weighted by Gasteiger charge is -2.07. The Bertz CT molecular complexity index is 1330. The number of ether oxygens (including phenoxy) is 1. The van der Waals surface area contributed by atoms with Crippen molar-refractivity contribution in [3.63, 3.8) is 0 Å². The van der Waals surface area contributed by atoms with Crippen molar-refractivity contribution in [2.24, 2.45) is 7.05 Å². The Morgan fingerprint density at radius 3 is 2.66 bits per heavy atom. The van der Waals surface area contributed by atoms with Crippen LogP contribution in [0.15, 0.2) is 73.1 Å². The number of fused-ring (bicyclic) bond motifs is 3. The number of nitrogens with zero attached hydrogens (tertiary/aromatic N) is 4. The summed E-state index contributed by atoms with van der Waals surface area (Å²) in [4.78, 5) is 13.2. The predicted octanol–water partition coefficient (Wildman–Crippen LogP) is 4.90. The van der Waals surface area contributed by atoms with Gasteiger partial charge in [-0.2, -0.15) is 4.98 Å². The Hall–Kier alpha value is -3.80. The van der Waals surface area contributed by atoms with Crippen molar-refractivity contribution in [1.29, 1.82) is 0 Å². The van der Waals surface area contributed by atoms with Crippen LogP contribution in [0.3, 0.4) is 0 Å². The van der Waals surface area contributed by atoms with Crippen LogP contribution >= 0.6 is 0 Å². The molecule has 142 valence electrons. The van der Waals surface area contributed by atoms with Crippen LogP contribution in [-0.4, -0.2) is 19.5 Å². The first-order valence-electron chi connectivity index (χ1n) is 9.23. The Labute approximate surface area is 166 Å². The van der Waals surface area contributed by atoms with Crippen LogP contribution in [0, 0.1) is 5.82 Å². The zero-order valence-electron chi connectivity index (χ0n) is 15.7. The van der Waals surface area contributed by atoms with E-state index in [1.807, 2.05) is 25.4 Å². The van der Waals surface area contributed by atoms with Gasteiger partial charge in [0.2, 0.25) is 0 Å². The highest BCUT2D eigenvalue weighted by Gasteiger charge is 2.10. The molecule has 0 unspecified atom stereocenters. The largest absolute Gasteiger partial charge is 0.459 e. The van der Waals surface area contributed by atoms with Crippen molar-refractivity contribution >= 4 is 21.9 Å². The van der Waals surface area contributed by atoms with E-state index < -0.39 is 0 Å². The number of aromatic nitrogens is 4. The predicted molar refractivity (Wildman–Crippen MR) is 110 cm³/mol. The highest BCUT2D eigenvalue weighted by molar-refractivity contribution is 6.06. The molecule has 0 saturated carbocycles. The van der Waals surface area contributed by atoms with E-state index in [0.717, 1.165) is 33.1 Å². The van der Waals surface area contributed by atoms with E-state index in [4.69, 9.17) is 4.74 Å². The molecule has 0 amide bonds. The summed E-state index contributed by atoms with van der Waals surface area (Å²) in [5, 5.41) is 2.25. The molecular weight excluding hydrogens is 367 g/mol. The van der Waals surface area contributed by atoms with Crippen molar-refractivity contribution in [2.45, 2.75) is 6.61 Å². The summed E-state index contributed by atoms with van der Waals surface area (Å²) in [5.74, 6) is -0.282. The van der Waals surface area contributed by atoms with Crippen molar-refractivity contribution < 1.29 is 9.13 Å². The molecule has 0 spiro atoms. The van der Waals surface area contributed by atoms with Gasteiger partial charge < -0.3 is 9.30 Å². The standard InChI is InChI=1S/C23H17FN4O/c1-28-21-5-3-2-4-18(21)19-12-15(13-26-22(19)28)14-29-23-25-11-10-20(27-23)16-6-8-17(24)9-7-16/h2-13H,14H2,1H3. The molecule has 0 radical (unpaired) electrons. The molecule has 5 rings (SSSR count). The number of rotatable bonds is 4. The van der Waals surface area contributed by atoms with Gasteiger partial charge in [-0.25, -0.2) is 14.4 Å². The minimum atomic E-state index is -0.282. The Balaban J connectivity index is 1.41. The van der Waals surface area contributed by atoms with Crippen molar-refractivity contribution in [1.82, 2.24) is 19.5 Å². The molecule has 0 bridgehead atoms. The number of hydrogen-bond acceptors (Lipinski definition) is 4. The summed E-state index contributed by atoms with van der Waals surface area (Å²) in [6, 6.07) is 18.5. The molecule has 0 N–H and O–H groups in total. The van der Waals surface area contributed by atoms with E-state index in [0.29, 0.717) is 12.3 Å². The topological polar surface area (TPSA) is 52.8 Å². The van der Waals surface area contributed by atoms with Gasteiger partial charge in [0.05, 0.1) is 11.2 Å². The minimum Gasteiger partial charge on any atom is -0.459 e. The smallest absolute Gasteiger partial charge is 0.317 e. The van der Waals surface area contributed by atoms with E-state index in [1.165, 1.54) is 12.1 Å². The van der Waals surface area contributed by atoms with Gasteiger partial charge in [0.25, 0.3) is 0 Å². The average Bonchev–Trinajstić information content (AvgIpc) is 3.05. The zero-order valence-corrected chi connectivity index (χ0v) is 15.7. The maximum absolute atomic E-state index is 13.1. The van der Waals surface area contributed by atoms with Gasteiger partial charge in [-0.05, 0) is 42.5 Å². The molecule has 0 aliphatic carbocycles. The van der Waals surface area contributed by atoms with E-state index in [-0.39, 0.29) is 11.8 Å². The van der Waals surface area contributed by atoms with Gasteiger partial charge >= 0.3 is 6.01 Å². The fourth-order valence-corrected chi connectivity index (χ4v) is 3.49. The molecule has 5 aromatic rings. The average molecular weight is 384 g/mol. The van der Waals surface area contributed by atoms with Gasteiger partial charge in [0, 0.05) is 41.3 Å². The summed E-state index contributed by atoms with van der Waals surface area (Å²) in [6.07, 6.45) is 3.44. The molecule has 29 heavy (non-hydrogen) atoms. The van der Waals surface area contributed by atoms with E-state index in [2.05, 4.69) is 37.7 Å². The third-order valence-corrected chi connectivity index (χ3v) is 4.94. The molecule has 3 aromatic heterocycles. The first kappa shape index (κ1) is 17.3. The summed E-state index contributed by atoms with van der Waals surface area (Å²) in [6.45, 7) is 0.305. The lowest BCUT2D eigenvalue weighted by molar-refractivity contribution is 0.281. The second kappa shape index (κ2) is 6.98. The number of hydrogen-bond donors (Lipinski definition) is 0. The molecule has 0 aliphatic rings. The number of benzene rings is 2. The Kier molecular flexibility index (Phi) is 4.17. The first-order chi connectivity index (χ1) is 14.2. The quantitative estimate of drug-likeness (QED) is 0.442. The molecule has 0 fully saturated rings. The van der Waals surface area contributed by atoms with E-state index >= 15 is 0 Å². The summed E-state index contributed by atoms with van der Waals surface area (Å²) in [7, 11) is 2.02. The molecule has 5 nitrogen and oxygen atoms in total. The summed E-state index contributed by atoms with van der Waals surface area (Å²) >= 11 is 0. The second-order valence-electron chi connectivity index (χ2n) is 6.81. The van der Waals surface area contributed by atoms with Crippen LogP contribution in [-0.2, 0) is 13.7 Å². The van der Waals surface area contributed by atoms with Gasteiger partial charge in [-0.1, -0.05) is 18.2 Å². The molecule has 2 aromatic carbocycles. The van der Waals surface area contributed by atoms with E-state index in [1.54, 1.807) is 24.4 Å². The van der Waals surface area contributed by atoms with Crippen LogP contribution in [0.1, 0.15) is 5.56 Å². The molecule has 0 atom stereocenters. The normalized spacial score (nSPS) is 11.2. The lowest BCUT2D eigenvalue weighted by atomic mass is 10.1. The van der Waals surface area contributed by atoms with E-state index in [9.17, 15) is 4.39 Å². The second-order valence-corrected chi connectivity index (χ2v) is 6.81. The number of para-hydroxylation sites is 1. The molecular formula is C23H17FN4O. The maximum atomic E-state index is 13.1. The molecule has 3 heterocycles. The lowest BCUT2D eigenvalue weighted by Crippen LogP contribution is -2.01. The Morgan fingerprint density at radius 2 is 1.79 bits per heavy atom. The van der Waals surface area contributed by atoms with Crippen LogP contribution in [0.5, 0.6) is 6.01 Å². The van der Waals surface area contributed by atoms with Gasteiger partial charge in [-0.3, -0.25) is 0 Å². The summed E-state index contributed by atoms with van der Waals surface area (Å²) in [5.41, 5.74) is 4.49. The molecule has 6 heteroatoms. The highest BCUT2D eigenvalue weighted by Crippen LogP contribution is 2.27. The maximum Gasteiger partial charge on any atom is 0.317 e. The van der Waals surface area contributed by atoms with Crippen LogP contribution in [0.2, 0.25) is 0 Å². The third-order valence-electron chi connectivity index (χ3n) is 4.94. The van der Waals surface area contributed by atoms with Crippen LogP contribution in [0.4, 0.5) is 4.39 Å². The molecule has 0 saturated heterocycles. The van der Waals surface area contributed by atoms with Crippen molar-refractivity contribution in [3.05, 3.63) is 84.4 Å². The van der Waals surface area contributed by atoms with Gasteiger partial charge in [0.1, 0.15) is 18.1 Å². The zero-order chi connectivity index (χ0) is 19.8. The fourth-order valence-electron chi connectivity index (χ4n) is 3.49.